The van der Waals surface area contributed by atoms with Crippen LogP contribution >= 0.6 is 0 Å². The number of rotatable bonds is 6. The van der Waals surface area contributed by atoms with Crippen LogP contribution in [0.5, 0.6) is 0 Å². The van der Waals surface area contributed by atoms with E-state index < -0.39 is 35.0 Å². The van der Waals surface area contributed by atoms with Crippen LogP contribution < -0.4 is 10.2 Å². The van der Waals surface area contributed by atoms with E-state index in [1.165, 1.54) is 17.0 Å². The molecule has 4 heterocycles. The molecule has 0 aliphatic carbocycles. The van der Waals surface area contributed by atoms with Gasteiger partial charge in [0.1, 0.15) is 23.1 Å². The zero-order valence-corrected chi connectivity index (χ0v) is 21.4. The predicted octanol–water partition coefficient (Wildman–Crippen LogP) is 4.45. The Balaban J connectivity index is 1.47. The molecule has 3 aromatic rings. The molecule has 0 saturated carbocycles. The van der Waals surface area contributed by atoms with Gasteiger partial charge in [0, 0.05) is 24.7 Å². The number of aliphatic hydroxyl groups is 1. The molecule has 2 aliphatic heterocycles. The maximum Gasteiger partial charge on any atom is 0.407 e. The van der Waals surface area contributed by atoms with Gasteiger partial charge in [0.25, 0.3) is 0 Å². The van der Waals surface area contributed by atoms with Crippen LogP contribution in [0.25, 0.3) is 11.0 Å². The van der Waals surface area contributed by atoms with Gasteiger partial charge in [-0.2, -0.15) is 8.78 Å². The van der Waals surface area contributed by atoms with E-state index in [4.69, 9.17) is 0 Å². The van der Waals surface area contributed by atoms with E-state index in [9.17, 15) is 23.8 Å². The quantitative estimate of drug-likeness (QED) is 0.428. The standard InChI is InChI=1S/C26H29F3N6O3/c1-13(18-6-5-7-20(21(18)27)26(28,29)25(3,4)38)31-23-19-9-15(10-30-22(19)32-14(2)33-23)34-11-17-8-16(34)12-35(17)24(36)37/h5-7,9-10,13,16-17,38H,8,11-12H2,1-4H3,(H,36,37)(H,30,31,32,33)/t13?,16-,17-/m1/s1. The lowest BCUT2D eigenvalue weighted by Gasteiger charge is -2.34. The molecular formula is C26H29F3N6O3. The highest BCUT2D eigenvalue weighted by atomic mass is 19.3. The fourth-order valence-electron chi connectivity index (χ4n) is 5.33. The van der Waals surface area contributed by atoms with Gasteiger partial charge in [0.2, 0.25) is 0 Å². The maximum atomic E-state index is 15.4. The number of nitrogens with one attached hydrogen (secondary N) is 1. The highest BCUT2D eigenvalue weighted by Crippen LogP contribution is 2.42. The Morgan fingerprint density at radius 1 is 1.21 bits per heavy atom. The number of aryl methyl sites for hydroxylation is 1. The van der Waals surface area contributed by atoms with Crippen LogP contribution in [0.1, 0.15) is 50.2 Å². The van der Waals surface area contributed by atoms with Gasteiger partial charge in [-0.1, -0.05) is 12.1 Å². The number of likely N-dealkylation sites (tertiary alicyclic amines) is 1. The minimum Gasteiger partial charge on any atom is -0.465 e. The third-order valence-electron chi connectivity index (χ3n) is 7.42. The first-order valence-electron chi connectivity index (χ1n) is 12.3. The lowest BCUT2D eigenvalue weighted by atomic mass is 9.91. The summed E-state index contributed by atoms with van der Waals surface area (Å²) in [4.78, 5) is 28.4. The molecule has 2 aromatic heterocycles. The number of hydrogen-bond donors (Lipinski definition) is 3. The van der Waals surface area contributed by atoms with Gasteiger partial charge in [0.05, 0.1) is 34.9 Å². The molecular weight excluding hydrogens is 501 g/mol. The van der Waals surface area contributed by atoms with E-state index in [1.807, 2.05) is 6.07 Å². The number of aromatic nitrogens is 3. The van der Waals surface area contributed by atoms with E-state index >= 15 is 4.39 Å². The van der Waals surface area contributed by atoms with Crippen molar-refractivity contribution in [3.8, 4) is 0 Å². The third kappa shape index (κ3) is 4.26. The Morgan fingerprint density at radius 2 is 1.95 bits per heavy atom. The van der Waals surface area contributed by atoms with Crippen LogP contribution in [0, 0.1) is 12.7 Å². The molecule has 3 N–H and O–H groups in total. The van der Waals surface area contributed by atoms with Crippen molar-refractivity contribution in [2.24, 2.45) is 0 Å². The zero-order chi connectivity index (χ0) is 27.6. The minimum atomic E-state index is -3.81. The fourth-order valence-corrected chi connectivity index (χ4v) is 5.33. The number of carbonyl (C=O) groups is 1. The van der Waals surface area contributed by atoms with E-state index in [1.54, 1.807) is 20.0 Å². The molecule has 2 saturated heterocycles. The first-order valence-corrected chi connectivity index (χ1v) is 12.3. The van der Waals surface area contributed by atoms with E-state index in [2.05, 4.69) is 25.2 Å². The van der Waals surface area contributed by atoms with E-state index in [0.29, 0.717) is 35.8 Å². The Hall–Kier alpha value is -3.67. The number of amides is 1. The summed E-state index contributed by atoms with van der Waals surface area (Å²) in [6, 6.07) is 4.75. The Labute approximate surface area is 217 Å². The predicted molar refractivity (Wildman–Crippen MR) is 135 cm³/mol. The van der Waals surface area contributed by atoms with E-state index in [-0.39, 0.29) is 17.6 Å². The minimum absolute atomic E-state index is 0.00873. The molecule has 5 rings (SSSR count). The second kappa shape index (κ2) is 8.97. The van der Waals surface area contributed by atoms with Crippen molar-refractivity contribution in [2.45, 2.75) is 63.8 Å². The number of carboxylic acid groups (broad SMARTS) is 1. The zero-order valence-electron chi connectivity index (χ0n) is 21.4. The van der Waals surface area contributed by atoms with Crippen LogP contribution in [0.15, 0.2) is 30.5 Å². The lowest BCUT2D eigenvalue weighted by molar-refractivity contribution is -0.170. The number of halogens is 3. The molecule has 1 aromatic carbocycles. The smallest absolute Gasteiger partial charge is 0.407 e. The van der Waals surface area contributed by atoms with Crippen LogP contribution in [0.4, 0.5) is 29.5 Å². The molecule has 1 unspecified atom stereocenters. The first-order chi connectivity index (χ1) is 17.8. The Bertz CT molecular complexity index is 1410. The number of nitrogens with zero attached hydrogens (tertiary/aromatic N) is 5. The summed E-state index contributed by atoms with van der Waals surface area (Å²) < 4.78 is 45.0. The van der Waals surface area contributed by atoms with Crippen molar-refractivity contribution < 1.29 is 28.2 Å². The van der Waals surface area contributed by atoms with Gasteiger partial charge in [0.15, 0.2) is 5.65 Å². The van der Waals surface area contributed by atoms with Crippen molar-refractivity contribution >= 4 is 28.6 Å². The second-order valence-electron chi connectivity index (χ2n) is 10.5. The van der Waals surface area contributed by atoms with Crippen molar-refractivity contribution in [2.75, 3.05) is 23.3 Å². The summed E-state index contributed by atoms with van der Waals surface area (Å²) in [5.41, 5.74) is -2.15. The number of benzene rings is 1. The van der Waals surface area contributed by atoms with Crippen molar-refractivity contribution in [3.63, 3.8) is 0 Å². The number of pyridine rings is 1. The van der Waals surface area contributed by atoms with Crippen molar-refractivity contribution in [1.82, 2.24) is 19.9 Å². The second-order valence-corrected chi connectivity index (χ2v) is 10.5. The van der Waals surface area contributed by atoms with Gasteiger partial charge in [-0.15, -0.1) is 0 Å². The van der Waals surface area contributed by atoms with Gasteiger partial charge < -0.3 is 25.3 Å². The average molecular weight is 531 g/mol. The maximum absolute atomic E-state index is 15.4. The Kier molecular flexibility index (Phi) is 6.13. The molecule has 0 spiro atoms. The molecule has 3 atom stereocenters. The number of fused-ring (bicyclic) bond motifs is 3. The van der Waals surface area contributed by atoms with Gasteiger partial charge in [-0.05, 0) is 46.2 Å². The SMILES string of the molecule is Cc1nc(NC(C)c2cccc(C(F)(F)C(C)(C)O)c2F)c2cc(N3C[C@H]4C[C@@H]3CN4C(=O)O)cnc2n1. The normalized spacial score (nSPS) is 20.3. The number of piperazine rings is 1. The van der Waals surface area contributed by atoms with E-state index in [0.717, 1.165) is 32.0 Å². The summed E-state index contributed by atoms with van der Waals surface area (Å²) in [5, 5.41) is 23.0. The molecule has 1 amide bonds. The van der Waals surface area contributed by atoms with Gasteiger partial charge in [-0.25, -0.2) is 24.1 Å². The highest BCUT2D eigenvalue weighted by Gasteiger charge is 2.49. The molecule has 202 valence electrons. The molecule has 12 heteroatoms. The molecule has 2 bridgehead atoms. The number of alkyl halides is 2. The largest absolute Gasteiger partial charge is 0.465 e. The van der Waals surface area contributed by atoms with Crippen LogP contribution in [0.2, 0.25) is 0 Å². The molecule has 38 heavy (non-hydrogen) atoms. The molecule has 9 nitrogen and oxygen atoms in total. The van der Waals surface area contributed by atoms with Gasteiger partial charge >= 0.3 is 12.0 Å². The molecule has 2 fully saturated rings. The topological polar surface area (TPSA) is 115 Å². The third-order valence-corrected chi connectivity index (χ3v) is 7.42. The van der Waals surface area contributed by atoms with Crippen LogP contribution in [-0.2, 0) is 5.92 Å². The van der Waals surface area contributed by atoms with Crippen LogP contribution in [0.3, 0.4) is 0 Å². The van der Waals surface area contributed by atoms with Crippen LogP contribution in [-0.4, -0.2) is 66.9 Å². The summed E-state index contributed by atoms with van der Waals surface area (Å²) in [5.74, 6) is -4.13. The monoisotopic (exact) mass is 530 g/mol. The lowest BCUT2D eigenvalue weighted by Crippen LogP contribution is -2.48. The summed E-state index contributed by atoms with van der Waals surface area (Å²) in [6.07, 6.45) is 1.51. The highest BCUT2D eigenvalue weighted by molar-refractivity contribution is 5.89. The number of hydrogen-bond acceptors (Lipinski definition) is 7. The summed E-state index contributed by atoms with van der Waals surface area (Å²) in [6.45, 7) is 6.15. The molecule has 2 aliphatic rings. The van der Waals surface area contributed by atoms with Gasteiger partial charge in [-0.3, -0.25) is 0 Å². The summed E-state index contributed by atoms with van der Waals surface area (Å²) in [7, 11) is 0. The van der Waals surface area contributed by atoms with Crippen molar-refractivity contribution in [1.29, 1.82) is 0 Å². The first kappa shape index (κ1) is 26.0. The molecule has 0 radical (unpaired) electrons. The Morgan fingerprint density at radius 3 is 2.58 bits per heavy atom. The average Bonchev–Trinajstić information content (AvgIpc) is 3.44. The summed E-state index contributed by atoms with van der Waals surface area (Å²) >= 11 is 0. The number of anilines is 2. The van der Waals surface area contributed by atoms with Crippen molar-refractivity contribution in [3.05, 3.63) is 53.2 Å². The fraction of sp³-hybridized carbons (Fsp3) is 0.462.